The van der Waals surface area contributed by atoms with Crippen LogP contribution in [0, 0.1) is 0 Å². The van der Waals surface area contributed by atoms with Gasteiger partial charge in [-0.2, -0.15) is 0 Å². The second-order valence-corrected chi connectivity index (χ2v) is 5.35. The van der Waals surface area contributed by atoms with E-state index in [1.54, 1.807) is 7.11 Å². The van der Waals surface area contributed by atoms with Gasteiger partial charge in [0.1, 0.15) is 0 Å². The van der Waals surface area contributed by atoms with Gasteiger partial charge in [0.05, 0.1) is 12.1 Å². The van der Waals surface area contributed by atoms with Crippen LogP contribution in [0.4, 0.5) is 0 Å². The first kappa shape index (κ1) is 18.0. The molecule has 1 aliphatic heterocycles. The van der Waals surface area contributed by atoms with Crippen molar-refractivity contribution >= 4 is 18.3 Å². The number of hydrogen-bond acceptors (Lipinski definition) is 3. The van der Waals surface area contributed by atoms with Crippen molar-refractivity contribution in [3.8, 4) is 0 Å². The number of nitrogens with one attached hydrogen (secondary N) is 2. The van der Waals surface area contributed by atoms with Crippen LogP contribution in [-0.4, -0.2) is 25.1 Å². The van der Waals surface area contributed by atoms with Crippen molar-refractivity contribution < 1.29 is 9.53 Å². The molecule has 21 heavy (non-hydrogen) atoms. The van der Waals surface area contributed by atoms with E-state index in [4.69, 9.17) is 4.74 Å². The number of carbonyl (C=O) groups is 1. The molecule has 1 amide bonds. The summed E-state index contributed by atoms with van der Waals surface area (Å²) >= 11 is 0. The van der Waals surface area contributed by atoms with Crippen molar-refractivity contribution in [2.45, 2.75) is 44.9 Å². The van der Waals surface area contributed by atoms with E-state index in [9.17, 15) is 4.79 Å². The lowest BCUT2D eigenvalue weighted by Gasteiger charge is -2.27. The molecular formula is C16H25ClN2O2. The zero-order valence-corrected chi connectivity index (χ0v) is 13.6. The molecule has 0 saturated carbocycles. The zero-order chi connectivity index (χ0) is 14.4. The van der Waals surface area contributed by atoms with Crippen molar-refractivity contribution in [3.05, 3.63) is 35.4 Å². The second-order valence-electron chi connectivity index (χ2n) is 5.35. The molecule has 4 nitrogen and oxygen atoms in total. The molecule has 1 saturated heterocycles. The molecule has 0 radical (unpaired) electrons. The van der Waals surface area contributed by atoms with Gasteiger partial charge in [-0.1, -0.05) is 31.2 Å². The number of hydrogen-bond donors (Lipinski definition) is 2. The topological polar surface area (TPSA) is 50.4 Å². The highest BCUT2D eigenvalue weighted by atomic mass is 35.5. The Morgan fingerprint density at radius 1 is 1.38 bits per heavy atom. The van der Waals surface area contributed by atoms with Crippen LogP contribution in [-0.2, 0) is 22.7 Å². The predicted octanol–water partition coefficient (Wildman–Crippen LogP) is 2.40. The highest BCUT2D eigenvalue weighted by Crippen LogP contribution is 2.23. The van der Waals surface area contributed by atoms with Crippen molar-refractivity contribution in [2.75, 3.05) is 13.7 Å². The van der Waals surface area contributed by atoms with Crippen LogP contribution in [0.15, 0.2) is 24.3 Å². The Bertz CT molecular complexity index is 459. The number of carbonyl (C=O) groups excluding carboxylic acids is 1. The van der Waals surface area contributed by atoms with E-state index in [0.717, 1.165) is 36.9 Å². The maximum Gasteiger partial charge on any atom is 0.240 e. The summed E-state index contributed by atoms with van der Waals surface area (Å²) in [4.78, 5) is 12.4. The van der Waals surface area contributed by atoms with Crippen molar-refractivity contribution in [1.29, 1.82) is 0 Å². The minimum atomic E-state index is -0.365. The fraction of sp³-hybridized carbons (Fsp3) is 0.562. The van der Waals surface area contributed by atoms with E-state index in [1.165, 1.54) is 0 Å². The van der Waals surface area contributed by atoms with Crippen LogP contribution in [0.25, 0.3) is 0 Å². The summed E-state index contributed by atoms with van der Waals surface area (Å²) in [5.41, 5.74) is 1.88. The third-order valence-corrected chi connectivity index (χ3v) is 4.14. The van der Waals surface area contributed by atoms with E-state index in [-0.39, 0.29) is 23.9 Å². The van der Waals surface area contributed by atoms with Crippen LogP contribution in [0.3, 0.4) is 0 Å². The minimum absolute atomic E-state index is 0. The van der Waals surface area contributed by atoms with Crippen molar-refractivity contribution in [3.63, 3.8) is 0 Å². The standard InChI is InChI=1S/C16H24N2O2.ClH/c1-3-16(9-6-10-18-16)15(19)17-11-13-7-4-5-8-14(13)12-20-2;/h4-5,7-8,18H,3,6,9-12H2,1-2H3,(H,17,19);1H. The third kappa shape index (κ3) is 4.19. The average molecular weight is 313 g/mol. The monoisotopic (exact) mass is 312 g/mol. The first-order valence-electron chi connectivity index (χ1n) is 7.31. The normalized spacial score (nSPS) is 20.9. The van der Waals surface area contributed by atoms with Crippen LogP contribution >= 0.6 is 12.4 Å². The van der Waals surface area contributed by atoms with E-state index in [0.29, 0.717) is 13.2 Å². The molecule has 1 aromatic carbocycles. The highest BCUT2D eigenvalue weighted by molar-refractivity contribution is 5.86. The Balaban J connectivity index is 0.00000220. The van der Waals surface area contributed by atoms with Gasteiger partial charge >= 0.3 is 0 Å². The Hall–Kier alpha value is -1.10. The van der Waals surface area contributed by atoms with Crippen LogP contribution in [0.5, 0.6) is 0 Å². The summed E-state index contributed by atoms with van der Waals surface area (Å²) in [7, 11) is 1.68. The van der Waals surface area contributed by atoms with Crippen LogP contribution < -0.4 is 10.6 Å². The number of ether oxygens (including phenoxy) is 1. The van der Waals surface area contributed by atoms with Gasteiger partial charge in [0, 0.05) is 13.7 Å². The lowest BCUT2D eigenvalue weighted by molar-refractivity contribution is -0.127. The summed E-state index contributed by atoms with van der Waals surface area (Å²) in [6.45, 7) is 4.13. The van der Waals surface area contributed by atoms with Crippen molar-refractivity contribution in [2.24, 2.45) is 0 Å². The van der Waals surface area contributed by atoms with E-state index in [1.807, 2.05) is 24.3 Å². The van der Waals surface area contributed by atoms with Gasteiger partial charge in [-0.3, -0.25) is 4.79 Å². The molecule has 1 aromatic rings. The predicted molar refractivity (Wildman–Crippen MR) is 86.5 cm³/mol. The summed E-state index contributed by atoms with van der Waals surface area (Å²) in [6, 6.07) is 8.06. The maximum absolute atomic E-state index is 12.4. The van der Waals surface area contributed by atoms with Gasteiger partial charge in [0.25, 0.3) is 0 Å². The number of rotatable bonds is 6. The summed E-state index contributed by atoms with van der Waals surface area (Å²) in [5.74, 6) is 0.115. The number of methoxy groups -OCH3 is 1. The minimum Gasteiger partial charge on any atom is -0.380 e. The molecule has 1 fully saturated rings. The zero-order valence-electron chi connectivity index (χ0n) is 12.8. The molecule has 2 rings (SSSR count). The van der Waals surface area contributed by atoms with Crippen molar-refractivity contribution in [1.82, 2.24) is 10.6 Å². The van der Waals surface area contributed by atoms with E-state index < -0.39 is 0 Å². The summed E-state index contributed by atoms with van der Waals surface area (Å²) in [6.07, 6.45) is 2.83. The van der Waals surface area contributed by atoms with Gasteiger partial charge in [-0.25, -0.2) is 0 Å². The highest BCUT2D eigenvalue weighted by Gasteiger charge is 2.38. The Kier molecular flexibility index (Phi) is 7.15. The van der Waals surface area contributed by atoms with E-state index in [2.05, 4.69) is 17.6 Å². The Labute approximate surface area is 133 Å². The molecule has 1 unspecified atom stereocenters. The van der Waals surface area contributed by atoms with Gasteiger partial charge in [-0.05, 0) is 36.9 Å². The second kappa shape index (κ2) is 8.37. The molecule has 118 valence electrons. The number of amides is 1. The van der Waals surface area contributed by atoms with Crippen LogP contribution in [0.2, 0.25) is 0 Å². The molecule has 1 heterocycles. The number of benzene rings is 1. The third-order valence-electron chi connectivity index (χ3n) is 4.14. The Morgan fingerprint density at radius 2 is 2.10 bits per heavy atom. The lowest BCUT2D eigenvalue weighted by Crippen LogP contribution is -2.52. The van der Waals surface area contributed by atoms with Gasteiger partial charge in [0.15, 0.2) is 0 Å². The molecule has 0 aromatic heterocycles. The Morgan fingerprint density at radius 3 is 2.67 bits per heavy atom. The summed E-state index contributed by atoms with van der Waals surface area (Å²) < 4.78 is 5.19. The SMILES string of the molecule is CCC1(C(=O)NCc2ccccc2COC)CCCN1.Cl. The smallest absolute Gasteiger partial charge is 0.240 e. The first-order valence-corrected chi connectivity index (χ1v) is 7.31. The fourth-order valence-electron chi connectivity index (χ4n) is 2.83. The first-order chi connectivity index (χ1) is 9.72. The summed E-state index contributed by atoms with van der Waals surface area (Å²) in [5, 5.41) is 6.43. The molecule has 5 heteroatoms. The average Bonchev–Trinajstić information content (AvgIpc) is 2.96. The molecule has 1 atom stereocenters. The fourth-order valence-corrected chi connectivity index (χ4v) is 2.83. The molecule has 0 aliphatic carbocycles. The quantitative estimate of drug-likeness (QED) is 0.848. The lowest BCUT2D eigenvalue weighted by atomic mass is 9.93. The molecular weight excluding hydrogens is 288 g/mol. The van der Waals surface area contributed by atoms with Crippen LogP contribution in [0.1, 0.15) is 37.3 Å². The molecule has 0 bridgehead atoms. The molecule has 2 N–H and O–H groups in total. The van der Waals surface area contributed by atoms with Gasteiger partial charge < -0.3 is 15.4 Å². The molecule has 0 spiro atoms. The largest absolute Gasteiger partial charge is 0.380 e. The van der Waals surface area contributed by atoms with Gasteiger partial charge in [0.2, 0.25) is 5.91 Å². The maximum atomic E-state index is 12.4. The number of halogens is 1. The molecule has 1 aliphatic rings. The van der Waals surface area contributed by atoms with E-state index >= 15 is 0 Å². The van der Waals surface area contributed by atoms with Gasteiger partial charge in [-0.15, -0.1) is 12.4 Å².